The van der Waals surface area contributed by atoms with E-state index in [0.29, 0.717) is 27.2 Å². The molecule has 1 aromatic heterocycles. The van der Waals surface area contributed by atoms with Crippen LogP contribution < -0.4 is 16.0 Å². The molecule has 1 aromatic carbocycles. The third kappa shape index (κ3) is 3.08. The van der Waals surface area contributed by atoms with Crippen molar-refractivity contribution in [3.05, 3.63) is 59.0 Å². The highest BCUT2D eigenvalue weighted by molar-refractivity contribution is 6.04. The minimum atomic E-state index is -0.118. The summed E-state index contributed by atoms with van der Waals surface area (Å²) in [6.07, 6.45) is 8.98. The van der Waals surface area contributed by atoms with E-state index in [1.165, 1.54) is 18.3 Å². The van der Waals surface area contributed by atoms with Crippen LogP contribution in [-0.2, 0) is 0 Å². The molecule has 0 saturated heterocycles. The van der Waals surface area contributed by atoms with Gasteiger partial charge in [-0.3, -0.25) is 4.98 Å². The summed E-state index contributed by atoms with van der Waals surface area (Å²) in [6.45, 7) is 0. The minimum Gasteiger partial charge on any atom is -0.357 e. The van der Waals surface area contributed by atoms with Crippen LogP contribution in [0, 0.1) is 34.0 Å². The molecule has 1 aliphatic heterocycles. The average molecular weight is 348 g/mol. The third-order valence-corrected chi connectivity index (χ3v) is 3.96. The first-order valence-electron chi connectivity index (χ1n) is 7.73. The highest BCUT2D eigenvalue weighted by Crippen LogP contribution is 2.18. The maximum Gasteiger partial charge on any atom is 0.139 e. The van der Waals surface area contributed by atoms with E-state index in [9.17, 15) is 21.2 Å². The van der Waals surface area contributed by atoms with Crippen molar-refractivity contribution < 1.29 is 0 Å². The lowest BCUT2D eigenvalue weighted by atomic mass is 10.0. The molecule has 2 heterocycles. The van der Waals surface area contributed by atoms with Crippen LogP contribution in [-0.4, -0.2) is 27.8 Å². The van der Waals surface area contributed by atoms with E-state index in [4.69, 9.17) is 0 Å². The molecule has 0 amide bonds. The molecule has 7 heteroatoms. The van der Waals surface area contributed by atoms with Crippen LogP contribution in [0.3, 0.4) is 0 Å². The molecule has 0 spiro atoms. The number of nitrogens with zero attached hydrogens (tertiary/aromatic N) is 7. The molecule has 0 atom stereocenters. The van der Waals surface area contributed by atoms with Crippen LogP contribution in [0.1, 0.15) is 5.56 Å². The zero-order valence-corrected chi connectivity index (χ0v) is 14.2. The molecule has 0 N–H and O–H groups in total. The fourth-order valence-electron chi connectivity index (χ4n) is 2.60. The lowest BCUT2D eigenvalue weighted by Crippen LogP contribution is -2.19. The summed E-state index contributed by atoms with van der Waals surface area (Å²) in [5.41, 5.74) is 1.47. The first-order valence-corrected chi connectivity index (χ1v) is 7.73. The van der Waals surface area contributed by atoms with Crippen LogP contribution in [0.2, 0.25) is 0 Å². The predicted octanol–water partition coefficient (Wildman–Crippen LogP) is 0.328. The third-order valence-electron chi connectivity index (χ3n) is 3.96. The van der Waals surface area contributed by atoms with Crippen molar-refractivity contribution >= 4 is 33.6 Å². The summed E-state index contributed by atoms with van der Waals surface area (Å²) in [6, 6.07) is 8.56. The van der Waals surface area contributed by atoms with Crippen LogP contribution in [0.4, 0.5) is 0 Å². The molecule has 1 radical (unpaired) electrons. The van der Waals surface area contributed by atoms with Gasteiger partial charge in [-0.2, -0.15) is 15.8 Å². The monoisotopic (exact) mass is 348 g/mol. The molecule has 125 valence electrons. The minimum absolute atomic E-state index is 0.115. The van der Waals surface area contributed by atoms with Crippen LogP contribution in [0.5, 0.6) is 0 Å². The number of hydrogen-bond donors (Lipinski definition) is 0. The number of rotatable bonds is 1. The fourth-order valence-corrected chi connectivity index (χ4v) is 2.60. The SMILES string of the molecule is CN1C=CC(=c2cnc3c(C(=C=[N])C#N)ccc(=C(C#N)C#N)c3n2)C=C1. The van der Waals surface area contributed by atoms with Crippen molar-refractivity contribution in [2.75, 3.05) is 7.05 Å². The van der Waals surface area contributed by atoms with Gasteiger partial charge in [0.25, 0.3) is 0 Å². The zero-order valence-electron chi connectivity index (χ0n) is 14.2. The Morgan fingerprint density at radius 1 is 1.00 bits per heavy atom. The number of fused-ring (bicyclic) bond motifs is 1. The molecule has 3 rings (SSSR count). The second-order valence-electron chi connectivity index (χ2n) is 5.56. The summed E-state index contributed by atoms with van der Waals surface area (Å²) in [5, 5.41) is 37.8. The van der Waals surface area contributed by atoms with Crippen LogP contribution in [0.25, 0.3) is 27.8 Å². The maximum absolute atomic E-state index is 9.26. The summed E-state index contributed by atoms with van der Waals surface area (Å²) in [5.74, 6) is 1.84. The Bertz CT molecular complexity index is 1290. The highest BCUT2D eigenvalue weighted by Gasteiger charge is 2.12. The van der Waals surface area contributed by atoms with Gasteiger partial charge in [-0.15, -0.1) is 0 Å². The van der Waals surface area contributed by atoms with Gasteiger partial charge in [0.1, 0.15) is 29.4 Å². The molecule has 0 fully saturated rings. The molecule has 0 unspecified atom stereocenters. The zero-order chi connectivity index (χ0) is 19.4. The van der Waals surface area contributed by atoms with Gasteiger partial charge in [0.05, 0.1) is 22.6 Å². The van der Waals surface area contributed by atoms with Gasteiger partial charge in [-0.1, -0.05) is 5.41 Å². The number of allylic oxidation sites excluding steroid dienone is 3. The molecule has 0 bridgehead atoms. The van der Waals surface area contributed by atoms with Gasteiger partial charge in [-0.25, -0.2) is 4.98 Å². The number of nitriles is 3. The van der Waals surface area contributed by atoms with Crippen molar-refractivity contribution in [1.82, 2.24) is 20.3 Å². The van der Waals surface area contributed by atoms with Gasteiger partial charge < -0.3 is 4.90 Å². The predicted molar refractivity (Wildman–Crippen MR) is 99.0 cm³/mol. The Labute approximate surface area is 154 Å². The molecule has 27 heavy (non-hydrogen) atoms. The first-order chi connectivity index (χ1) is 13.1. The van der Waals surface area contributed by atoms with Gasteiger partial charge >= 0.3 is 0 Å². The van der Waals surface area contributed by atoms with Crippen molar-refractivity contribution in [2.45, 2.75) is 0 Å². The van der Waals surface area contributed by atoms with E-state index >= 15 is 0 Å². The van der Waals surface area contributed by atoms with Gasteiger partial charge in [0.15, 0.2) is 0 Å². The fraction of sp³-hybridized carbons (Fsp3) is 0.0500. The normalized spacial score (nSPS) is 12.1. The van der Waals surface area contributed by atoms with Gasteiger partial charge in [-0.05, 0) is 24.3 Å². The van der Waals surface area contributed by atoms with E-state index in [2.05, 4.69) is 9.97 Å². The number of aromatic nitrogens is 2. The van der Waals surface area contributed by atoms with Crippen molar-refractivity contribution in [3.63, 3.8) is 0 Å². The molecule has 0 aliphatic carbocycles. The molecule has 7 nitrogen and oxygen atoms in total. The maximum atomic E-state index is 9.26. The molecule has 1 aliphatic rings. The topological polar surface area (TPSA) is 123 Å². The second kappa shape index (κ2) is 7.17. The smallest absolute Gasteiger partial charge is 0.139 e. The van der Waals surface area contributed by atoms with Crippen LogP contribution in [0.15, 0.2) is 42.9 Å². The summed E-state index contributed by atoms with van der Waals surface area (Å²) in [7, 11) is 1.89. The van der Waals surface area contributed by atoms with E-state index in [1.54, 1.807) is 0 Å². The summed E-state index contributed by atoms with van der Waals surface area (Å²) >= 11 is 0. The Hall–Kier alpha value is -4.50. The van der Waals surface area contributed by atoms with Gasteiger partial charge in [0.2, 0.25) is 0 Å². The largest absolute Gasteiger partial charge is 0.357 e. The van der Waals surface area contributed by atoms with Crippen molar-refractivity contribution in [3.8, 4) is 18.2 Å². The summed E-state index contributed by atoms with van der Waals surface area (Å²) < 4.78 is 0. The second-order valence-corrected chi connectivity index (χ2v) is 5.56. The molecule has 2 aromatic rings. The van der Waals surface area contributed by atoms with E-state index in [1.807, 2.05) is 60.6 Å². The van der Waals surface area contributed by atoms with Crippen molar-refractivity contribution in [1.29, 1.82) is 15.8 Å². The quantitative estimate of drug-likeness (QED) is 0.540. The lowest BCUT2D eigenvalue weighted by Gasteiger charge is -2.11. The van der Waals surface area contributed by atoms with Crippen molar-refractivity contribution in [2.24, 2.45) is 0 Å². The lowest BCUT2D eigenvalue weighted by molar-refractivity contribution is 0.623. The van der Waals surface area contributed by atoms with Gasteiger partial charge in [0, 0.05) is 41.7 Å². The Morgan fingerprint density at radius 2 is 1.70 bits per heavy atom. The summed E-state index contributed by atoms with van der Waals surface area (Å²) in [4.78, 5) is 10.8. The first kappa shape index (κ1) is 17.3. The van der Waals surface area contributed by atoms with E-state index in [-0.39, 0.29) is 11.1 Å². The van der Waals surface area contributed by atoms with Crippen LogP contribution >= 0.6 is 0 Å². The Balaban J connectivity index is 2.51. The molecular formula is C20H10N7. The Kier molecular flexibility index (Phi) is 4.60. The van der Waals surface area contributed by atoms with E-state index < -0.39 is 0 Å². The molecule has 0 saturated carbocycles. The average Bonchev–Trinajstić information content (AvgIpc) is 2.71. The number of hydrogen-bond acceptors (Lipinski definition) is 6. The molecular weight excluding hydrogens is 338 g/mol. The highest BCUT2D eigenvalue weighted by atomic mass is 15.0. The Morgan fingerprint density at radius 3 is 2.30 bits per heavy atom. The standard InChI is InChI=1S/C20H10N7/c1-27-6-4-13(5-7-27)18-12-25-19-16(14(8-21)9-22)2-3-17(20(19)26-18)15(10-23)11-24/h2-7,12H,1H3. The van der Waals surface area contributed by atoms with E-state index in [0.717, 1.165) is 5.57 Å². The number of benzene rings is 1.